The molecule has 0 fully saturated rings. The molecule has 1 atom stereocenters. The van der Waals surface area contributed by atoms with E-state index in [4.69, 9.17) is 4.42 Å². The van der Waals surface area contributed by atoms with Crippen molar-refractivity contribution in [3.05, 3.63) is 81.9 Å². The van der Waals surface area contributed by atoms with Gasteiger partial charge >= 0.3 is 0 Å². The van der Waals surface area contributed by atoms with Gasteiger partial charge in [-0.05, 0) is 55.8 Å². The van der Waals surface area contributed by atoms with E-state index in [0.717, 1.165) is 24.4 Å². The van der Waals surface area contributed by atoms with Gasteiger partial charge in [0.25, 0.3) is 5.91 Å². The van der Waals surface area contributed by atoms with E-state index in [1.54, 1.807) is 9.80 Å². The molecule has 0 bridgehead atoms. The van der Waals surface area contributed by atoms with Crippen LogP contribution in [-0.2, 0) is 17.8 Å². The number of amides is 2. The summed E-state index contributed by atoms with van der Waals surface area (Å²) in [7, 11) is 0. The lowest BCUT2D eigenvalue weighted by molar-refractivity contribution is -0.133. The number of rotatable bonds is 10. The lowest BCUT2D eigenvalue weighted by Gasteiger charge is -2.31. The quantitative estimate of drug-likeness (QED) is 0.439. The maximum atomic E-state index is 13.4. The zero-order chi connectivity index (χ0) is 22.2. The van der Waals surface area contributed by atoms with Crippen LogP contribution in [0.4, 0.5) is 0 Å². The van der Waals surface area contributed by atoms with E-state index in [9.17, 15) is 9.59 Å². The highest BCUT2D eigenvalue weighted by atomic mass is 32.1. The van der Waals surface area contributed by atoms with Crippen molar-refractivity contribution in [2.45, 2.75) is 46.2 Å². The molecule has 5 nitrogen and oxygen atoms in total. The normalized spacial score (nSPS) is 11.8. The average molecular weight is 439 g/mol. The number of furan rings is 1. The van der Waals surface area contributed by atoms with Gasteiger partial charge in [0.15, 0.2) is 0 Å². The van der Waals surface area contributed by atoms with Gasteiger partial charge in [0.2, 0.25) is 5.91 Å². The maximum absolute atomic E-state index is 13.4. The first-order valence-corrected chi connectivity index (χ1v) is 11.6. The first-order valence-electron chi connectivity index (χ1n) is 10.7. The van der Waals surface area contributed by atoms with Gasteiger partial charge in [-0.3, -0.25) is 9.59 Å². The van der Waals surface area contributed by atoms with Crippen LogP contribution in [0.3, 0.4) is 0 Å². The van der Waals surface area contributed by atoms with Gasteiger partial charge in [-0.15, -0.1) is 11.3 Å². The molecule has 3 rings (SSSR count). The van der Waals surface area contributed by atoms with Crippen LogP contribution in [-0.4, -0.2) is 40.7 Å². The summed E-state index contributed by atoms with van der Waals surface area (Å²) < 4.78 is 5.72. The Kier molecular flexibility index (Phi) is 8.06. The second-order valence-corrected chi connectivity index (χ2v) is 8.68. The van der Waals surface area contributed by atoms with Crippen molar-refractivity contribution in [2.75, 3.05) is 13.1 Å². The molecule has 2 amide bonds. The molecule has 2 heterocycles. The topological polar surface area (TPSA) is 53.8 Å². The highest BCUT2D eigenvalue weighted by Gasteiger charge is 2.26. The Balaban J connectivity index is 1.76. The van der Waals surface area contributed by atoms with Crippen LogP contribution in [0.25, 0.3) is 0 Å². The van der Waals surface area contributed by atoms with Gasteiger partial charge in [0.1, 0.15) is 18.1 Å². The number of carbonyl (C=O) groups excluding carboxylic acids is 2. The third kappa shape index (κ3) is 6.31. The fourth-order valence-corrected chi connectivity index (χ4v) is 4.07. The third-order valence-electron chi connectivity index (χ3n) is 5.43. The van der Waals surface area contributed by atoms with Crippen LogP contribution in [0.15, 0.2) is 64.4 Å². The van der Waals surface area contributed by atoms with Gasteiger partial charge in [-0.2, -0.15) is 0 Å². The van der Waals surface area contributed by atoms with Crippen molar-refractivity contribution in [2.24, 2.45) is 0 Å². The molecule has 6 heteroatoms. The molecule has 3 aromatic rings. The van der Waals surface area contributed by atoms with Crippen molar-refractivity contribution in [1.82, 2.24) is 9.80 Å². The summed E-state index contributed by atoms with van der Waals surface area (Å²) in [6.45, 7) is 6.92. The molecular weight excluding hydrogens is 408 g/mol. The number of nitrogens with zero attached hydrogens (tertiary/aromatic N) is 2. The Morgan fingerprint density at radius 2 is 1.84 bits per heavy atom. The summed E-state index contributed by atoms with van der Waals surface area (Å²) in [6, 6.07) is 17.6. The second-order valence-electron chi connectivity index (χ2n) is 7.73. The minimum atomic E-state index is -0.0884. The van der Waals surface area contributed by atoms with E-state index in [1.807, 2.05) is 68.6 Å². The first-order chi connectivity index (χ1) is 15.0. The monoisotopic (exact) mass is 438 g/mol. The van der Waals surface area contributed by atoms with Crippen LogP contribution >= 0.6 is 11.3 Å². The molecule has 31 heavy (non-hydrogen) atoms. The molecule has 2 aromatic heterocycles. The molecule has 0 unspecified atom stereocenters. The summed E-state index contributed by atoms with van der Waals surface area (Å²) in [5.41, 5.74) is 1.17. The maximum Gasteiger partial charge on any atom is 0.264 e. The van der Waals surface area contributed by atoms with Crippen molar-refractivity contribution >= 4 is 23.2 Å². The van der Waals surface area contributed by atoms with Gasteiger partial charge in [0, 0.05) is 12.6 Å². The van der Waals surface area contributed by atoms with E-state index in [1.165, 1.54) is 16.9 Å². The number of thiophene rings is 1. The first kappa shape index (κ1) is 22.8. The van der Waals surface area contributed by atoms with Gasteiger partial charge in [-0.1, -0.05) is 43.3 Å². The average Bonchev–Trinajstić information content (AvgIpc) is 3.46. The summed E-state index contributed by atoms with van der Waals surface area (Å²) in [5, 5.41) is 1.88. The van der Waals surface area contributed by atoms with E-state index < -0.39 is 0 Å². The largest absolute Gasteiger partial charge is 0.464 e. The van der Waals surface area contributed by atoms with Crippen LogP contribution in [0.5, 0.6) is 0 Å². The highest BCUT2D eigenvalue weighted by molar-refractivity contribution is 7.12. The summed E-state index contributed by atoms with van der Waals surface area (Å²) >= 11 is 1.40. The Hall–Kier alpha value is -2.86. The predicted octanol–water partition coefficient (Wildman–Crippen LogP) is 5.16. The van der Waals surface area contributed by atoms with Crippen LogP contribution in [0.2, 0.25) is 0 Å². The lowest BCUT2D eigenvalue weighted by Crippen LogP contribution is -2.46. The molecule has 0 saturated carbocycles. The van der Waals surface area contributed by atoms with Crippen molar-refractivity contribution in [3.8, 4) is 0 Å². The molecule has 0 aliphatic carbocycles. The van der Waals surface area contributed by atoms with E-state index >= 15 is 0 Å². The third-order valence-corrected chi connectivity index (χ3v) is 6.29. The Labute approximate surface area is 188 Å². The van der Waals surface area contributed by atoms with E-state index in [2.05, 4.69) is 12.1 Å². The number of hydrogen-bond donors (Lipinski definition) is 0. The SMILES string of the molecule is CC[C@H](C)N(CC(=O)N(CCc1ccccc1)Cc1ccc(C)o1)C(=O)c1cccs1. The zero-order valence-corrected chi connectivity index (χ0v) is 19.2. The highest BCUT2D eigenvalue weighted by Crippen LogP contribution is 2.17. The van der Waals surface area contributed by atoms with Crippen molar-refractivity contribution in [1.29, 1.82) is 0 Å². The lowest BCUT2D eigenvalue weighted by atomic mass is 10.1. The summed E-state index contributed by atoms with van der Waals surface area (Å²) in [6.07, 6.45) is 1.53. The predicted molar refractivity (Wildman–Crippen MR) is 124 cm³/mol. The van der Waals surface area contributed by atoms with Crippen LogP contribution in [0.1, 0.15) is 47.0 Å². The van der Waals surface area contributed by atoms with Crippen molar-refractivity contribution in [3.63, 3.8) is 0 Å². The van der Waals surface area contributed by atoms with Crippen LogP contribution in [0, 0.1) is 6.92 Å². The number of hydrogen-bond acceptors (Lipinski definition) is 4. The molecule has 0 spiro atoms. The Morgan fingerprint density at radius 1 is 1.06 bits per heavy atom. The summed E-state index contributed by atoms with van der Waals surface area (Å²) in [4.78, 5) is 30.6. The van der Waals surface area contributed by atoms with E-state index in [0.29, 0.717) is 18.0 Å². The molecular formula is C25H30N2O3S. The number of carbonyl (C=O) groups is 2. The Bertz CT molecular complexity index is 966. The van der Waals surface area contributed by atoms with Crippen molar-refractivity contribution < 1.29 is 14.0 Å². The second kappa shape index (κ2) is 11.0. The molecule has 164 valence electrons. The molecule has 0 radical (unpaired) electrons. The Morgan fingerprint density at radius 3 is 2.45 bits per heavy atom. The zero-order valence-electron chi connectivity index (χ0n) is 18.4. The summed E-state index contributed by atoms with van der Waals surface area (Å²) in [5.74, 6) is 1.41. The molecule has 0 aliphatic rings. The van der Waals surface area contributed by atoms with Gasteiger partial charge in [-0.25, -0.2) is 0 Å². The molecule has 0 saturated heterocycles. The number of benzene rings is 1. The van der Waals surface area contributed by atoms with Crippen LogP contribution < -0.4 is 0 Å². The fourth-order valence-electron chi connectivity index (χ4n) is 3.39. The molecule has 0 N–H and O–H groups in total. The molecule has 0 aliphatic heterocycles. The minimum Gasteiger partial charge on any atom is -0.464 e. The molecule has 1 aromatic carbocycles. The minimum absolute atomic E-state index is 0.0274. The van der Waals surface area contributed by atoms with E-state index in [-0.39, 0.29) is 24.4 Å². The smallest absolute Gasteiger partial charge is 0.264 e. The number of aryl methyl sites for hydroxylation is 1. The standard InChI is InChI=1S/C25H30N2O3S/c1-4-19(2)27(25(29)23-11-8-16-31-23)18-24(28)26(17-22-13-12-20(3)30-22)15-14-21-9-6-5-7-10-21/h5-13,16,19H,4,14-15,17-18H2,1-3H3/t19-/m0/s1. The van der Waals surface area contributed by atoms with Gasteiger partial charge in [0.05, 0.1) is 11.4 Å². The fraction of sp³-hybridized carbons (Fsp3) is 0.360. The van der Waals surface area contributed by atoms with Gasteiger partial charge < -0.3 is 14.2 Å².